The van der Waals surface area contributed by atoms with E-state index in [9.17, 15) is 0 Å². The minimum atomic E-state index is 0.582. The molecule has 2 bridgehead atoms. The summed E-state index contributed by atoms with van der Waals surface area (Å²) >= 11 is 0. The molecule has 2 aromatic carbocycles. The van der Waals surface area contributed by atoms with Crippen molar-refractivity contribution in [1.29, 1.82) is 0 Å². The molecule has 1 aromatic heterocycles. The maximum absolute atomic E-state index is 6.14. The van der Waals surface area contributed by atoms with E-state index < -0.39 is 0 Å². The smallest absolute Gasteiger partial charge is 0.127 e. The standard InChI is InChI=1S/C24H26N4O/c1-5-23-22-6-4-18(28-21-11-19-2-3-20(12-21)27-19)9-16(22)7-8-29-24(23)10-15(1)17-13-25-26-14-17/h1,4-6,9-10,13-14,19-21,27-28H,2-3,7-8,11-12H2,(H,25,26)/t19-,20+,21?. The lowest BCUT2D eigenvalue weighted by molar-refractivity contribution is 0.326. The van der Waals surface area contributed by atoms with Crippen LogP contribution in [0.4, 0.5) is 5.69 Å². The van der Waals surface area contributed by atoms with Crippen molar-refractivity contribution in [1.82, 2.24) is 15.5 Å². The highest BCUT2D eigenvalue weighted by Gasteiger charge is 2.33. The SMILES string of the molecule is c1cc2c(cc1NC1C[C@H]3CC[C@@H](C1)N3)CCOc1cc(-c3cn[nH]c3)ccc1-2. The third-order valence-electron chi connectivity index (χ3n) is 6.68. The number of piperidine rings is 1. The Kier molecular flexibility index (Phi) is 4.08. The number of H-pyrrole nitrogens is 1. The lowest BCUT2D eigenvalue weighted by atomic mass is 9.95. The number of anilines is 1. The molecule has 5 nitrogen and oxygen atoms in total. The Morgan fingerprint density at radius 3 is 2.66 bits per heavy atom. The van der Waals surface area contributed by atoms with E-state index in [4.69, 9.17) is 4.74 Å². The highest BCUT2D eigenvalue weighted by molar-refractivity contribution is 5.79. The number of hydrogen-bond donors (Lipinski definition) is 3. The fourth-order valence-corrected chi connectivity index (χ4v) is 5.29. The first-order valence-electron chi connectivity index (χ1n) is 10.7. The summed E-state index contributed by atoms with van der Waals surface area (Å²) in [7, 11) is 0. The first kappa shape index (κ1) is 17.1. The number of aromatic nitrogens is 2. The molecule has 0 spiro atoms. The highest BCUT2D eigenvalue weighted by atomic mass is 16.5. The van der Waals surface area contributed by atoms with E-state index in [0.717, 1.165) is 23.3 Å². The van der Waals surface area contributed by atoms with Crippen molar-refractivity contribution >= 4 is 5.69 Å². The fraction of sp³-hybridized carbons (Fsp3) is 0.375. The number of nitrogens with one attached hydrogen (secondary N) is 3. The van der Waals surface area contributed by atoms with Gasteiger partial charge in [0.1, 0.15) is 5.75 Å². The number of hydrogen-bond acceptors (Lipinski definition) is 4. The Balaban J connectivity index is 1.28. The van der Waals surface area contributed by atoms with Crippen LogP contribution < -0.4 is 15.4 Å². The van der Waals surface area contributed by atoms with Crippen LogP contribution in [-0.4, -0.2) is 34.9 Å². The van der Waals surface area contributed by atoms with Gasteiger partial charge in [0.2, 0.25) is 0 Å². The molecule has 1 unspecified atom stereocenters. The molecule has 3 atom stereocenters. The van der Waals surface area contributed by atoms with E-state index in [2.05, 4.69) is 57.2 Å². The van der Waals surface area contributed by atoms with Crippen LogP contribution in [0, 0.1) is 0 Å². The third kappa shape index (κ3) is 3.19. The number of benzene rings is 2. The van der Waals surface area contributed by atoms with E-state index in [1.807, 2.05) is 12.4 Å². The molecule has 6 rings (SSSR count). The van der Waals surface area contributed by atoms with E-state index in [1.54, 1.807) is 0 Å². The van der Waals surface area contributed by atoms with Gasteiger partial charge in [0.05, 0.1) is 12.8 Å². The van der Waals surface area contributed by atoms with Gasteiger partial charge in [-0.05, 0) is 60.6 Å². The second kappa shape index (κ2) is 6.92. The van der Waals surface area contributed by atoms with Gasteiger partial charge in [-0.15, -0.1) is 0 Å². The summed E-state index contributed by atoms with van der Waals surface area (Å²) in [5.74, 6) is 0.957. The molecule has 148 valence electrons. The molecule has 0 aliphatic carbocycles. The molecular formula is C24H26N4O. The van der Waals surface area contributed by atoms with Crippen molar-refractivity contribution in [2.75, 3.05) is 11.9 Å². The molecule has 3 N–H and O–H groups in total. The van der Waals surface area contributed by atoms with Crippen molar-refractivity contribution in [3.8, 4) is 28.0 Å². The van der Waals surface area contributed by atoms with Gasteiger partial charge in [0, 0.05) is 47.6 Å². The number of aromatic amines is 1. The molecule has 0 radical (unpaired) electrons. The van der Waals surface area contributed by atoms with Crippen molar-refractivity contribution in [3.05, 3.63) is 54.4 Å². The van der Waals surface area contributed by atoms with E-state index in [1.165, 1.54) is 48.1 Å². The van der Waals surface area contributed by atoms with Gasteiger partial charge < -0.3 is 15.4 Å². The molecule has 3 aromatic rings. The molecular weight excluding hydrogens is 360 g/mol. The van der Waals surface area contributed by atoms with Crippen molar-refractivity contribution in [2.45, 2.75) is 50.2 Å². The molecule has 2 saturated heterocycles. The van der Waals surface area contributed by atoms with Crippen molar-refractivity contribution in [2.24, 2.45) is 0 Å². The number of fused-ring (bicyclic) bond motifs is 5. The second-order valence-corrected chi connectivity index (χ2v) is 8.62. The average Bonchev–Trinajstić information content (AvgIpc) is 3.34. The van der Waals surface area contributed by atoms with E-state index >= 15 is 0 Å². The van der Waals surface area contributed by atoms with Crippen molar-refractivity contribution < 1.29 is 4.74 Å². The fourth-order valence-electron chi connectivity index (χ4n) is 5.29. The first-order valence-corrected chi connectivity index (χ1v) is 10.7. The summed E-state index contributed by atoms with van der Waals surface area (Å²) in [6, 6.07) is 15.3. The topological polar surface area (TPSA) is 62.0 Å². The van der Waals surface area contributed by atoms with Crippen LogP contribution in [0.25, 0.3) is 22.3 Å². The van der Waals surface area contributed by atoms with Crippen LogP contribution in [0.15, 0.2) is 48.8 Å². The van der Waals surface area contributed by atoms with Gasteiger partial charge in [-0.25, -0.2) is 0 Å². The summed E-state index contributed by atoms with van der Waals surface area (Å²) in [5, 5.41) is 14.5. The van der Waals surface area contributed by atoms with Gasteiger partial charge in [0.25, 0.3) is 0 Å². The number of nitrogens with zero attached hydrogens (tertiary/aromatic N) is 1. The van der Waals surface area contributed by atoms with Crippen LogP contribution in [0.5, 0.6) is 5.75 Å². The van der Waals surface area contributed by atoms with Gasteiger partial charge >= 0.3 is 0 Å². The molecule has 3 aliphatic heterocycles. The summed E-state index contributed by atoms with van der Waals surface area (Å²) in [6.45, 7) is 0.704. The van der Waals surface area contributed by atoms with Gasteiger partial charge in [-0.1, -0.05) is 18.2 Å². The van der Waals surface area contributed by atoms with Gasteiger partial charge in [-0.3, -0.25) is 5.10 Å². The monoisotopic (exact) mass is 386 g/mol. The minimum absolute atomic E-state index is 0.582. The summed E-state index contributed by atoms with van der Waals surface area (Å²) in [4.78, 5) is 0. The average molecular weight is 386 g/mol. The molecule has 5 heteroatoms. The Morgan fingerprint density at radius 2 is 1.83 bits per heavy atom. The van der Waals surface area contributed by atoms with Crippen LogP contribution in [0.1, 0.15) is 31.2 Å². The Bertz CT molecular complexity index is 1020. The summed E-state index contributed by atoms with van der Waals surface area (Å²) in [6.07, 6.45) is 9.82. The quantitative estimate of drug-likeness (QED) is 0.625. The predicted molar refractivity (Wildman–Crippen MR) is 115 cm³/mol. The maximum atomic E-state index is 6.14. The molecule has 0 amide bonds. The normalized spacial score (nSPS) is 24.9. The molecule has 0 saturated carbocycles. The summed E-state index contributed by atoms with van der Waals surface area (Å²) in [5.41, 5.74) is 7.27. The Labute approximate surface area is 170 Å². The molecule has 3 aliphatic rings. The van der Waals surface area contributed by atoms with Crippen molar-refractivity contribution in [3.63, 3.8) is 0 Å². The number of ether oxygens (including phenoxy) is 1. The Hall–Kier alpha value is -2.79. The maximum Gasteiger partial charge on any atom is 0.127 e. The van der Waals surface area contributed by atoms with Crippen LogP contribution in [0.2, 0.25) is 0 Å². The van der Waals surface area contributed by atoms with E-state index in [0.29, 0.717) is 24.7 Å². The molecule has 2 fully saturated rings. The zero-order valence-electron chi connectivity index (χ0n) is 16.4. The van der Waals surface area contributed by atoms with Crippen LogP contribution in [0.3, 0.4) is 0 Å². The lowest BCUT2D eigenvalue weighted by Crippen LogP contribution is -2.43. The minimum Gasteiger partial charge on any atom is -0.493 e. The lowest BCUT2D eigenvalue weighted by Gasteiger charge is -2.30. The third-order valence-corrected chi connectivity index (χ3v) is 6.68. The van der Waals surface area contributed by atoms with Crippen LogP contribution >= 0.6 is 0 Å². The predicted octanol–water partition coefficient (Wildman–Crippen LogP) is 4.37. The molecule has 29 heavy (non-hydrogen) atoms. The Morgan fingerprint density at radius 1 is 0.966 bits per heavy atom. The second-order valence-electron chi connectivity index (χ2n) is 8.62. The largest absolute Gasteiger partial charge is 0.493 e. The molecule has 4 heterocycles. The zero-order valence-corrected chi connectivity index (χ0v) is 16.4. The zero-order chi connectivity index (χ0) is 19.2. The van der Waals surface area contributed by atoms with Gasteiger partial charge in [0.15, 0.2) is 0 Å². The van der Waals surface area contributed by atoms with E-state index in [-0.39, 0.29) is 0 Å². The number of rotatable bonds is 3. The van der Waals surface area contributed by atoms with Crippen LogP contribution in [-0.2, 0) is 6.42 Å². The highest BCUT2D eigenvalue weighted by Crippen LogP contribution is 2.39. The first-order chi connectivity index (χ1) is 14.3. The summed E-state index contributed by atoms with van der Waals surface area (Å²) < 4.78 is 6.14. The van der Waals surface area contributed by atoms with Gasteiger partial charge in [-0.2, -0.15) is 5.10 Å².